The SMILES string of the molecule is Cc1ccc(S(=O)(=O)NN=C(C2CC2)C2CC2)cc1.[Na+]. The van der Waals surface area contributed by atoms with E-state index < -0.39 is 10.0 Å². The second-order valence-corrected chi connectivity index (χ2v) is 7.15. The predicted molar refractivity (Wildman–Crippen MR) is 74.4 cm³/mol. The monoisotopic (exact) mass is 301 g/mol. The summed E-state index contributed by atoms with van der Waals surface area (Å²) in [6.45, 7) is 1.93. The van der Waals surface area contributed by atoms with Gasteiger partial charge < -0.3 is 0 Å². The van der Waals surface area contributed by atoms with E-state index in [2.05, 4.69) is 9.93 Å². The van der Waals surface area contributed by atoms with E-state index in [1.54, 1.807) is 24.3 Å². The van der Waals surface area contributed by atoms with Gasteiger partial charge >= 0.3 is 29.6 Å². The van der Waals surface area contributed by atoms with Gasteiger partial charge in [-0.1, -0.05) is 17.7 Å². The maximum Gasteiger partial charge on any atom is 1.00 e. The van der Waals surface area contributed by atoms with E-state index in [0.717, 1.165) is 37.0 Å². The second-order valence-electron chi connectivity index (χ2n) is 5.49. The largest absolute Gasteiger partial charge is 1.00 e. The molecule has 0 radical (unpaired) electrons. The maximum absolute atomic E-state index is 12.1. The number of hydrazone groups is 1. The summed E-state index contributed by atoms with van der Waals surface area (Å²) in [5.74, 6) is 1.04. The molecule has 2 saturated carbocycles. The third kappa shape index (κ3) is 3.85. The van der Waals surface area contributed by atoms with E-state index in [0.29, 0.717) is 11.8 Å². The van der Waals surface area contributed by atoms with Gasteiger partial charge in [0.25, 0.3) is 10.0 Å². The molecule has 102 valence electrons. The predicted octanol–water partition coefficient (Wildman–Crippen LogP) is -0.547. The molecule has 0 heterocycles. The maximum atomic E-state index is 12.1. The molecular formula is C14H18N2NaO2S+. The Morgan fingerprint density at radius 1 is 1.10 bits per heavy atom. The van der Waals surface area contributed by atoms with Crippen LogP contribution in [0, 0.1) is 18.8 Å². The van der Waals surface area contributed by atoms with Crippen LogP contribution in [0.4, 0.5) is 0 Å². The van der Waals surface area contributed by atoms with E-state index in [4.69, 9.17) is 0 Å². The normalized spacial score (nSPS) is 18.1. The molecule has 1 N–H and O–H groups in total. The van der Waals surface area contributed by atoms with Crippen LogP contribution in [0.3, 0.4) is 0 Å². The van der Waals surface area contributed by atoms with Crippen LogP contribution in [-0.4, -0.2) is 14.1 Å². The van der Waals surface area contributed by atoms with Crippen molar-refractivity contribution < 1.29 is 38.0 Å². The standard InChI is InChI=1S/C14H18N2O2S.Na/c1-10-2-8-13(9-3-10)19(17,18)16-15-14(11-4-5-11)12-6-7-12;/h2-3,8-9,11-12,16H,4-7H2,1H3;/q;+1. The molecule has 0 atom stereocenters. The molecule has 20 heavy (non-hydrogen) atoms. The van der Waals surface area contributed by atoms with Gasteiger partial charge in [-0.25, -0.2) is 4.83 Å². The van der Waals surface area contributed by atoms with Crippen LogP contribution in [-0.2, 0) is 10.0 Å². The fourth-order valence-corrected chi connectivity index (χ4v) is 2.98. The van der Waals surface area contributed by atoms with Crippen molar-refractivity contribution in [2.75, 3.05) is 0 Å². The summed E-state index contributed by atoms with van der Waals surface area (Å²) in [5.41, 5.74) is 2.11. The van der Waals surface area contributed by atoms with Crippen molar-refractivity contribution in [1.82, 2.24) is 4.83 Å². The third-order valence-corrected chi connectivity index (χ3v) is 4.84. The number of hydrogen-bond donors (Lipinski definition) is 1. The van der Waals surface area contributed by atoms with E-state index in [-0.39, 0.29) is 34.5 Å². The third-order valence-electron chi connectivity index (χ3n) is 3.62. The van der Waals surface area contributed by atoms with Gasteiger partial charge in [-0.05, 0) is 56.6 Å². The zero-order chi connectivity index (χ0) is 13.5. The number of nitrogens with one attached hydrogen (secondary N) is 1. The molecule has 3 rings (SSSR count). The molecule has 0 aliphatic heterocycles. The van der Waals surface area contributed by atoms with Crippen molar-refractivity contribution >= 4 is 15.7 Å². The zero-order valence-electron chi connectivity index (χ0n) is 12.0. The minimum Gasteiger partial charge on any atom is -0.200 e. The molecule has 2 aliphatic carbocycles. The first-order valence-corrected chi connectivity index (χ1v) is 8.20. The van der Waals surface area contributed by atoms with Crippen molar-refractivity contribution in [3.05, 3.63) is 29.8 Å². The van der Waals surface area contributed by atoms with Crippen molar-refractivity contribution in [2.45, 2.75) is 37.5 Å². The van der Waals surface area contributed by atoms with E-state index >= 15 is 0 Å². The first kappa shape index (κ1) is 16.0. The van der Waals surface area contributed by atoms with Crippen molar-refractivity contribution in [2.24, 2.45) is 16.9 Å². The minimum atomic E-state index is -3.52. The Hall–Kier alpha value is -0.360. The summed E-state index contributed by atoms with van der Waals surface area (Å²) in [4.78, 5) is 2.67. The summed E-state index contributed by atoms with van der Waals surface area (Å²) in [6.07, 6.45) is 4.62. The van der Waals surface area contributed by atoms with Crippen molar-refractivity contribution in [3.8, 4) is 0 Å². The Balaban J connectivity index is 0.00000147. The molecular weight excluding hydrogens is 283 g/mol. The molecule has 1 aromatic carbocycles. The Labute approximate surface area is 142 Å². The molecule has 2 aliphatic rings. The van der Waals surface area contributed by atoms with Gasteiger partial charge in [0.1, 0.15) is 0 Å². The van der Waals surface area contributed by atoms with E-state index in [9.17, 15) is 8.42 Å². The van der Waals surface area contributed by atoms with Crippen LogP contribution < -0.4 is 34.4 Å². The molecule has 4 nitrogen and oxygen atoms in total. The molecule has 0 aromatic heterocycles. The van der Waals surface area contributed by atoms with E-state index in [1.807, 2.05) is 6.92 Å². The summed E-state index contributed by atoms with van der Waals surface area (Å²) in [6, 6.07) is 6.81. The smallest absolute Gasteiger partial charge is 0.200 e. The van der Waals surface area contributed by atoms with Gasteiger partial charge in [-0.3, -0.25) is 0 Å². The number of benzene rings is 1. The van der Waals surface area contributed by atoms with E-state index in [1.165, 1.54) is 0 Å². The molecule has 0 amide bonds. The molecule has 0 bridgehead atoms. The Bertz CT molecular complexity index is 589. The van der Waals surface area contributed by atoms with Crippen molar-refractivity contribution in [1.29, 1.82) is 0 Å². The fraction of sp³-hybridized carbons (Fsp3) is 0.500. The number of aryl methyl sites for hydroxylation is 1. The molecule has 0 saturated heterocycles. The van der Waals surface area contributed by atoms with Crippen LogP contribution >= 0.6 is 0 Å². The van der Waals surface area contributed by atoms with Crippen LogP contribution in [0.1, 0.15) is 31.2 Å². The Kier molecular flexibility index (Phi) is 4.95. The van der Waals surface area contributed by atoms with Gasteiger partial charge in [-0.2, -0.15) is 13.5 Å². The molecule has 2 fully saturated rings. The average Bonchev–Trinajstić information content (AvgIpc) is 3.24. The van der Waals surface area contributed by atoms with Gasteiger partial charge in [0, 0.05) is 5.71 Å². The van der Waals surface area contributed by atoms with Crippen molar-refractivity contribution in [3.63, 3.8) is 0 Å². The van der Waals surface area contributed by atoms with Gasteiger partial charge in [0.05, 0.1) is 4.90 Å². The summed E-state index contributed by atoms with van der Waals surface area (Å²) in [5, 5.41) is 4.20. The van der Waals surface area contributed by atoms with Gasteiger partial charge in [0.15, 0.2) is 0 Å². The topological polar surface area (TPSA) is 58.5 Å². The first-order chi connectivity index (χ1) is 9.06. The van der Waals surface area contributed by atoms with Crippen LogP contribution in [0.5, 0.6) is 0 Å². The molecule has 6 heteroatoms. The Morgan fingerprint density at radius 3 is 2.05 bits per heavy atom. The number of sulfonamides is 1. The molecule has 0 unspecified atom stereocenters. The summed E-state index contributed by atoms with van der Waals surface area (Å²) < 4.78 is 24.2. The second kappa shape index (κ2) is 6.18. The number of nitrogens with zero attached hydrogens (tertiary/aromatic N) is 1. The average molecular weight is 301 g/mol. The molecule has 1 aromatic rings. The van der Waals surface area contributed by atoms with Crippen LogP contribution in [0.15, 0.2) is 34.3 Å². The quantitative estimate of drug-likeness (QED) is 0.451. The van der Waals surface area contributed by atoms with Crippen LogP contribution in [0.25, 0.3) is 0 Å². The number of hydrogen-bond acceptors (Lipinski definition) is 3. The fourth-order valence-electron chi connectivity index (χ4n) is 2.16. The minimum absolute atomic E-state index is 0. The van der Waals surface area contributed by atoms with Gasteiger partial charge in [-0.15, -0.1) is 0 Å². The van der Waals surface area contributed by atoms with Gasteiger partial charge in [0.2, 0.25) is 0 Å². The number of rotatable bonds is 5. The zero-order valence-corrected chi connectivity index (χ0v) is 14.8. The Morgan fingerprint density at radius 2 is 1.60 bits per heavy atom. The summed E-state index contributed by atoms with van der Waals surface area (Å²) in [7, 11) is -3.52. The molecule has 0 spiro atoms. The van der Waals surface area contributed by atoms with Crippen LogP contribution in [0.2, 0.25) is 0 Å². The summed E-state index contributed by atoms with van der Waals surface area (Å²) >= 11 is 0. The first-order valence-electron chi connectivity index (χ1n) is 6.72.